The number of benzene rings is 1. The number of hydrogen-bond donors (Lipinski definition) is 0. The minimum absolute atomic E-state index is 0.0240. The molecule has 1 aliphatic heterocycles. The van der Waals surface area contributed by atoms with E-state index in [1.807, 2.05) is 0 Å². The molecule has 25 heavy (non-hydrogen) atoms. The zero-order valence-corrected chi connectivity index (χ0v) is 13.4. The summed E-state index contributed by atoms with van der Waals surface area (Å²) in [6.45, 7) is 2.01. The van der Waals surface area contributed by atoms with Crippen molar-refractivity contribution in [3.05, 3.63) is 47.3 Å². The minimum atomic E-state index is -4.45. The Morgan fingerprint density at radius 2 is 1.92 bits per heavy atom. The molecule has 0 spiro atoms. The highest BCUT2D eigenvalue weighted by Crippen LogP contribution is 2.32. The molecular formula is C16H14F3N3O3. The third kappa shape index (κ3) is 2.86. The molecule has 1 amide bonds. The molecule has 1 atom stereocenters. The molecule has 2 aromatic rings. The van der Waals surface area contributed by atoms with Gasteiger partial charge in [-0.3, -0.25) is 9.48 Å². The molecule has 9 heteroatoms. The SMILES string of the molecule is COC(=O)c1cnn2c1C(=O)N(c1ccc(C(F)(F)F)cc1)C[C@@H]2C. The van der Waals surface area contributed by atoms with Crippen molar-refractivity contribution in [1.29, 1.82) is 0 Å². The van der Waals surface area contributed by atoms with Crippen molar-refractivity contribution >= 4 is 17.6 Å². The molecule has 0 saturated carbocycles. The molecule has 0 fully saturated rings. The van der Waals surface area contributed by atoms with Gasteiger partial charge in [-0.05, 0) is 31.2 Å². The Morgan fingerprint density at radius 3 is 2.48 bits per heavy atom. The van der Waals surface area contributed by atoms with Crippen LogP contribution in [0.15, 0.2) is 30.5 Å². The van der Waals surface area contributed by atoms with Gasteiger partial charge in [-0.25, -0.2) is 4.79 Å². The summed E-state index contributed by atoms with van der Waals surface area (Å²) in [5.41, 5.74) is -0.399. The van der Waals surface area contributed by atoms with Gasteiger partial charge in [-0.1, -0.05) is 0 Å². The van der Waals surface area contributed by atoms with Gasteiger partial charge >= 0.3 is 12.1 Å². The summed E-state index contributed by atoms with van der Waals surface area (Å²) in [4.78, 5) is 25.9. The summed E-state index contributed by atoms with van der Waals surface area (Å²) in [6, 6.07) is 4.04. The van der Waals surface area contributed by atoms with Crippen LogP contribution in [0.5, 0.6) is 0 Å². The number of fused-ring (bicyclic) bond motifs is 1. The van der Waals surface area contributed by atoms with E-state index in [1.165, 1.54) is 35.0 Å². The van der Waals surface area contributed by atoms with E-state index in [4.69, 9.17) is 0 Å². The number of rotatable bonds is 2. The Labute approximate surface area is 140 Å². The van der Waals surface area contributed by atoms with Gasteiger partial charge in [-0.15, -0.1) is 0 Å². The Morgan fingerprint density at radius 1 is 1.28 bits per heavy atom. The number of carbonyl (C=O) groups excluding carboxylic acids is 2. The maximum absolute atomic E-state index is 12.8. The smallest absolute Gasteiger partial charge is 0.416 e. The van der Waals surface area contributed by atoms with Crippen LogP contribution in [0.25, 0.3) is 0 Å². The molecule has 2 heterocycles. The second-order valence-corrected chi connectivity index (χ2v) is 5.65. The zero-order chi connectivity index (χ0) is 18.4. The number of methoxy groups -OCH3 is 1. The Balaban J connectivity index is 1.99. The number of anilines is 1. The van der Waals surface area contributed by atoms with E-state index in [0.717, 1.165) is 12.1 Å². The normalized spacial score (nSPS) is 17.4. The van der Waals surface area contributed by atoms with Crippen molar-refractivity contribution < 1.29 is 27.5 Å². The monoisotopic (exact) mass is 353 g/mol. The molecule has 3 rings (SSSR count). The van der Waals surface area contributed by atoms with Gasteiger partial charge in [0, 0.05) is 12.2 Å². The summed E-state index contributed by atoms with van der Waals surface area (Å²) >= 11 is 0. The van der Waals surface area contributed by atoms with Gasteiger partial charge in [0.2, 0.25) is 0 Å². The summed E-state index contributed by atoms with van der Waals surface area (Å²) in [5.74, 6) is -1.22. The maximum Gasteiger partial charge on any atom is 0.416 e. The van der Waals surface area contributed by atoms with Gasteiger partial charge in [-0.2, -0.15) is 18.3 Å². The Hall–Kier alpha value is -2.84. The highest BCUT2D eigenvalue weighted by atomic mass is 19.4. The molecule has 1 aliphatic rings. The lowest BCUT2D eigenvalue weighted by Gasteiger charge is -2.32. The summed E-state index contributed by atoms with van der Waals surface area (Å²) < 4.78 is 44.2. The first-order valence-corrected chi connectivity index (χ1v) is 7.39. The summed E-state index contributed by atoms with van der Waals surface area (Å²) in [5, 5.41) is 4.05. The molecule has 1 aromatic heterocycles. The second kappa shape index (κ2) is 5.91. The van der Waals surface area contributed by atoms with Crippen molar-refractivity contribution in [1.82, 2.24) is 9.78 Å². The Bertz CT molecular complexity index is 827. The van der Waals surface area contributed by atoms with Crippen LogP contribution in [0.4, 0.5) is 18.9 Å². The third-order valence-electron chi connectivity index (χ3n) is 4.02. The first-order chi connectivity index (χ1) is 11.7. The first-order valence-electron chi connectivity index (χ1n) is 7.39. The van der Waals surface area contributed by atoms with E-state index in [-0.39, 0.29) is 23.8 Å². The molecule has 6 nitrogen and oxygen atoms in total. The number of esters is 1. The van der Waals surface area contributed by atoms with Gasteiger partial charge in [0.1, 0.15) is 11.3 Å². The fraction of sp³-hybridized carbons (Fsp3) is 0.312. The quantitative estimate of drug-likeness (QED) is 0.779. The highest BCUT2D eigenvalue weighted by Gasteiger charge is 2.36. The van der Waals surface area contributed by atoms with Gasteiger partial charge in [0.05, 0.1) is 24.9 Å². The topological polar surface area (TPSA) is 64.4 Å². The molecule has 132 valence electrons. The lowest BCUT2D eigenvalue weighted by molar-refractivity contribution is -0.137. The fourth-order valence-corrected chi connectivity index (χ4v) is 2.77. The van der Waals surface area contributed by atoms with E-state index < -0.39 is 23.6 Å². The van der Waals surface area contributed by atoms with Gasteiger partial charge in [0.25, 0.3) is 5.91 Å². The average Bonchev–Trinajstić information content (AvgIpc) is 3.02. The van der Waals surface area contributed by atoms with Crippen LogP contribution in [-0.2, 0) is 10.9 Å². The highest BCUT2D eigenvalue weighted by molar-refractivity contribution is 6.11. The minimum Gasteiger partial charge on any atom is -0.465 e. The molecule has 0 N–H and O–H groups in total. The predicted molar refractivity (Wildman–Crippen MR) is 81.4 cm³/mol. The second-order valence-electron chi connectivity index (χ2n) is 5.65. The fourth-order valence-electron chi connectivity index (χ4n) is 2.77. The number of alkyl halides is 3. The van der Waals surface area contributed by atoms with E-state index >= 15 is 0 Å². The van der Waals surface area contributed by atoms with E-state index in [1.54, 1.807) is 6.92 Å². The lowest BCUT2D eigenvalue weighted by atomic mass is 10.1. The predicted octanol–water partition coefficient (Wildman–Crippen LogP) is 2.91. The van der Waals surface area contributed by atoms with Crippen molar-refractivity contribution in [2.24, 2.45) is 0 Å². The largest absolute Gasteiger partial charge is 0.465 e. The third-order valence-corrected chi connectivity index (χ3v) is 4.02. The Kier molecular flexibility index (Phi) is 4.02. The van der Waals surface area contributed by atoms with Gasteiger partial charge in [0.15, 0.2) is 0 Å². The number of amides is 1. The zero-order valence-electron chi connectivity index (χ0n) is 13.4. The van der Waals surface area contributed by atoms with Crippen LogP contribution in [0.1, 0.15) is 39.4 Å². The van der Waals surface area contributed by atoms with Crippen LogP contribution in [0, 0.1) is 0 Å². The standard InChI is InChI=1S/C16H14F3N3O3/c1-9-8-21(11-5-3-10(4-6-11)16(17,18)19)14(23)13-12(15(24)25-2)7-20-22(9)13/h3-7,9H,8H2,1-2H3/t9-/m0/s1. The van der Waals surface area contributed by atoms with Gasteiger partial charge < -0.3 is 9.64 Å². The van der Waals surface area contributed by atoms with Crippen LogP contribution in [0.2, 0.25) is 0 Å². The number of nitrogens with zero attached hydrogens (tertiary/aromatic N) is 3. The van der Waals surface area contributed by atoms with Crippen molar-refractivity contribution in [3.8, 4) is 0 Å². The number of carbonyl (C=O) groups is 2. The van der Waals surface area contributed by atoms with Crippen LogP contribution in [-0.4, -0.2) is 35.3 Å². The molecule has 0 unspecified atom stereocenters. The van der Waals surface area contributed by atoms with E-state index in [2.05, 4.69) is 9.84 Å². The number of aromatic nitrogens is 2. The summed E-state index contributed by atoms with van der Waals surface area (Å²) in [6.07, 6.45) is -3.19. The molecule has 0 radical (unpaired) electrons. The molecular weight excluding hydrogens is 339 g/mol. The number of halogens is 3. The molecule has 0 aliphatic carbocycles. The maximum atomic E-state index is 12.8. The van der Waals surface area contributed by atoms with Crippen LogP contribution < -0.4 is 4.90 Å². The van der Waals surface area contributed by atoms with E-state index in [9.17, 15) is 22.8 Å². The molecule has 0 bridgehead atoms. The van der Waals surface area contributed by atoms with Crippen molar-refractivity contribution in [3.63, 3.8) is 0 Å². The van der Waals surface area contributed by atoms with Crippen LogP contribution >= 0.6 is 0 Å². The lowest BCUT2D eigenvalue weighted by Crippen LogP contribution is -2.43. The van der Waals surface area contributed by atoms with Crippen molar-refractivity contribution in [2.75, 3.05) is 18.6 Å². The summed E-state index contributed by atoms with van der Waals surface area (Å²) in [7, 11) is 1.19. The number of hydrogen-bond acceptors (Lipinski definition) is 4. The molecule has 0 saturated heterocycles. The van der Waals surface area contributed by atoms with Crippen molar-refractivity contribution in [2.45, 2.75) is 19.1 Å². The first kappa shape index (κ1) is 17.0. The van der Waals surface area contributed by atoms with E-state index in [0.29, 0.717) is 5.69 Å². The number of ether oxygens (including phenoxy) is 1. The molecule has 1 aromatic carbocycles. The average molecular weight is 353 g/mol. The van der Waals surface area contributed by atoms with Crippen LogP contribution in [0.3, 0.4) is 0 Å².